The third kappa shape index (κ3) is 3.81. The molecule has 1 amide bonds. The molecule has 0 radical (unpaired) electrons. The molecule has 1 aliphatic rings. The van der Waals surface area contributed by atoms with Crippen molar-refractivity contribution in [2.24, 2.45) is 5.92 Å². The van der Waals surface area contributed by atoms with Crippen molar-refractivity contribution in [3.63, 3.8) is 0 Å². The molecule has 1 atom stereocenters. The van der Waals surface area contributed by atoms with Gasteiger partial charge in [-0.15, -0.1) is 0 Å². The van der Waals surface area contributed by atoms with Crippen LogP contribution in [-0.4, -0.2) is 35.6 Å². The molecule has 0 saturated heterocycles. The second-order valence-corrected chi connectivity index (χ2v) is 4.59. The van der Waals surface area contributed by atoms with Gasteiger partial charge in [-0.05, 0) is 32.1 Å². The normalized spacial score (nSPS) is 18.9. The van der Waals surface area contributed by atoms with Crippen LogP contribution in [0.25, 0.3) is 0 Å². The summed E-state index contributed by atoms with van der Waals surface area (Å²) in [5, 5.41) is 14.5. The number of hydrogen-bond donors (Lipinski definition) is 3. The summed E-state index contributed by atoms with van der Waals surface area (Å²) in [6.07, 6.45) is 2.82. The van der Waals surface area contributed by atoms with Crippen LogP contribution in [0.4, 0.5) is 0 Å². The number of carbonyl (C=O) groups is 2. The molecule has 0 bridgehead atoms. The monoisotopic (exact) mass is 228 g/mol. The van der Waals surface area contributed by atoms with E-state index in [9.17, 15) is 9.59 Å². The molecule has 1 saturated carbocycles. The zero-order valence-electron chi connectivity index (χ0n) is 9.88. The van der Waals surface area contributed by atoms with Crippen LogP contribution in [0.2, 0.25) is 0 Å². The van der Waals surface area contributed by atoms with E-state index in [1.54, 1.807) is 13.8 Å². The lowest BCUT2D eigenvalue weighted by Crippen LogP contribution is -2.52. The molecular formula is C11H20N2O3. The average molecular weight is 228 g/mol. The molecule has 5 heteroatoms. The van der Waals surface area contributed by atoms with E-state index in [0.717, 1.165) is 6.54 Å². The average Bonchev–Trinajstić information content (AvgIpc) is 3.06. The second kappa shape index (κ2) is 5.30. The minimum absolute atomic E-state index is 0.0589. The van der Waals surface area contributed by atoms with Gasteiger partial charge in [0.05, 0.1) is 6.54 Å². The van der Waals surface area contributed by atoms with E-state index >= 15 is 0 Å². The maximum Gasteiger partial charge on any atom is 0.323 e. The Bertz CT molecular complexity index is 276. The van der Waals surface area contributed by atoms with Crippen molar-refractivity contribution in [1.82, 2.24) is 10.6 Å². The molecule has 0 aromatic carbocycles. The van der Waals surface area contributed by atoms with Crippen LogP contribution in [0.5, 0.6) is 0 Å². The van der Waals surface area contributed by atoms with Gasteiger partial charge in [-0.25, -0.2) is 0 Å². The molecule has 3 N–H and O–H groups in total. The Morgan fingerprint density at radius 2 is 2.06 bits per heavy atom. The predicted molar refractivity (Wildman–Crippen MR) is 60.1 cm³/mol. The highest BCUT2D eigenvalue weighted by molar-refractivity contribution is 5.81. The van der Waals surface area contributed by atoms with Gasteiger partial charge in [0.15, 0.2) is 0 Å². The summed E-state index contributed by atoms with van der Waals surface area (Å²) in [6, 6.07) is 0. The van der Waals surface area contributed by atoms with E-state index in [1.165, 1.54) is 12.8 Å². The van der Waals surface area contributed by atoms with Crippen LogP contribution in [0.3, 0.4) is 0 Å². The molecule has 0 spiro atoms. The summed E-state index contributed by atoms with van der Waals surface area (Å²) in [5.41, 5.74) is -1.02. The third-order valence-electron chi connectivity index (χ3n) is 3.10. The van der Waals surface area contributed by atoms with Crippen LogP contribution >= 0.6 is 0 Å². The van der Waals surface area contributed by atoms with Gasteiger partial charge in [0.1, 0.15) is 5.54 Å². The van der Waals surface area contributed by atoms with Gasteiger partial charge in [-0.3, -0.25) is 14.9 Å². The van der Waals surface area contributed by atoms with E-state index in [4.69, 9.17) is 5.11 Å². The largest absolute Gasteiger partial charge is 0.480 e. The topological polar surface area (TPSA) is 78.4 Å². The number of carboxylic acid groups (broad SMARTS) is 1. The first kappa shape index (κ1) is 13.0. The van der Waals surface area contributed by atoms with Crippen molar-refractivity contribution >= 4 is 11.9 Å². The highest BCUT2D eigenvalue weighted by Crippen LogP contribution is 2.27. The Hall–Kier alpha value is -1.10. The highest BCUT2D eigenvalue weighted by Gasteiger charge is 2.31. The summed E-state index contributed by atoms with van der Waals surface area (Å²) in [6.45, 7) is 4.15. The van der Waals surface area contributed by atoms with E-state index in [2.05, 4.69) is 10.6 Å². The molecule has 1 aliphatic carbocycles. The van der Waals surface area contributed by atoms with Crippen molar-refractivity contribution in [1.29, 1.82) is 0 Å². The van der Waals surface area contributed by atoms with E-state index in [0.29, 0.717) is 12.3 Å². The summed E-state index contributed by atoms with van der Waals surface area (Å²) in [5.74, 6) is -0.418. The van der Waals surface area contributed by atoms with E-state index in [1.807, 2.05) is 0 Å². The van der Waals surface area contributed by atoms with Crippen LogP contribution in [0.1, 0.15) is 33.1 Å². The maximum absolute atomic E-state index is 11.4. The maximum atomic E-state index is 11.4. The smallest absolute Gasteiger partial charge is 0.323 e. The summed E-state index contributed by atoms with van der Waals surface area (Å²) in [4.78, 5) is 22.3. The lowest BCUT2D eigenvalue weighted by molar-refractivity contribution is -0.144. The summed E-state index contributed by atoms with van der Waals surface area (Å²) >= 11 is 0. The van der Waals surface area contributed by atoms with Crippen LogP contribution < -0.4 is 10.6 Å². The molecule has 92 valence electrons. The molecular weight excluding hydrogens is 208 g/mol. The summed E-state index contributed by atoms with van der Waals surface area (Å²) < 4.78 is 0. The number of carboxylic acids is 1. The fourth-order valence-corrected chi connectivity index (χ4v) is 1.27. The van der Waals surface area contributed by atoms with Crippen molar-refractivity contribution in [3.05, 3.63) is 0 Å². The molecule has 5 nitrogen and oxygen atoms in total. The minimum atomic E-state index is -1.02. The number of aliphatic carboxylic acids is 1. The molecule has 1 rings (SSSR count). The Morgan fingerprint density at radius 1 is 1.44 bits per heavy atom. The first-order valence-electron chi connectivity index (χ1n) is 5.73. The van der Waals surface area contributed by atoms with Crippen LogP contribution in [-0.2, 0) is 9.59 Å². The predicted octanol–water partition coefficient (Wildman–Crippen LogP) is 0.355. The number of rotatable bonds is 7. The SMILES string of the molecule is CCC(C)(NCC(=O)NCC1CC1)C(=O)O. The van der Waals surface area contributed by atoms with Crippen molar-refractivity contribution < 1.29 is 14.7 Å². The third-order valence-corrected chi connectivity index (χ3v) is 3.10. The molecule has 16 heavy (non-hydrogen) atoms. The number of nitrogens with one attached hydrogen (secondary N) is 2. The molecule has 1 fully saturated rings. The van der Waals surface area contributed by atoms with Crippen LogP contribution in [0.15, 0.2) is 0 Å². The Kier molecular flexibility index (Phi) is 4.29. The molecule has 0 aromatic heterocycles. The van der Waals surface area contributed by atoms with Gasteiger partial charge < -0.3 is 10.4 Å². The van der Waals surface area contributed by atoms with Crippen molar-refractivity contribution in [2.75, 3.05) is 13.1 Å². The molecule has 0 aliphatic heterocycles. The lowest BCUT2D eigenvalue weighted by Gasteiger charge is -2.24. The van der Waals surface area contributed by atoms with Gasteiger partial charge in [-0.1, -0.05) is 6.92 Å². The zero-order valence-corrected chi connectivity index (χ0v) is 9.88. The fraction of sp³-hybridized carbons (Fsp3) is 0.818. The standard InChI is InChI=1S/C11H20N2O3/c1-3-11(2,10(15)16)13-7-9(14)12-6-8-4-5-8/h8,13H,3-7H2,1-2H3,(H,12,14)(H,15,16). The fourth-order valence-electron chi connectivity index (χ4n) is 1.27. The van der Waals surface area contributed by atoms with E-state index < -0.39 is 11.5 Å². The Balaban J connectivity index is 2.25. The second-order valence-electron chi connectivity index (χ2n) is 4.59. The van der Waals surface area contributed by atoms with E-state index in [-0.39, 0.29) is 12.5 Å². The molecule has 0 aromatic rings. The number of carbonyl (C=O) groups excluding carboxylic acids is 1. The highest BCUT2D eigenvalue weighted by atomic mass is 16.4. The van der Waals surface area contributed by atoms with Gasteiger partial charge in [0, 0.05) is 6.54 Å². The quantitative estimate of drug-likeness (QED) is 0.587. The van der Waals surface area contributed by atoms with Gasteiger partial charge in [-0.2, -0.15) is 0 Å². The van der Waals surface area contributed by atoms with Crippen LogP contribution in [0, 0.1) is 5.92 Å². The molecule has 0 heterocycles. The van der Waals surface area contributed by atoms with Gasteiger partial charge in [0.25, 0.3) is 0 Å². The number of amides is 1. The zero-order chi connectivity index (χ0) is 12.2. The first-order valence-corrected chi connectivity index (χ1v) is 5.73. The van der Waals surface area contributed by atoms with Gasteiger partial charge in [0.2, 0.25) is 5.91 Å². The first-order chi connectivity index (χ1) is 7.48. The molecule has 1 unspecified atom stereocenters. The summed E-state index contributed by atoms with van der Waals surface area (Å²) in [7, 11) is 0. The Labute approximate surface area is 95.6 Å². The minimum Gasteiger partial charge on any atom is -0.480 e. The van der Waals surface area contributed by atoms with Crippen molar-refractivity contribution in [3.8, 4) is 0 Å². The number of hydrogen-bond acceptors (Lipinski definition) is 3. The lowest BCUT2D eigenvalue weighted by atomic mass is 9.99. The van der Waals surface area contributed by atoms with Crippen molar-refractivity contribution in [2.45, 2.75) is 38.6 Å². The van der Waals surface area contributed by atoms with Gasteiger partial charge >= 0.3 is 5.97 Å². The Morgan fingerprint density at radius 3 is 2.50 bits per heavy atom.